The maximum absolute atomic E-state index is 13.0. The van der Waals surface area contributed by atoms with Gasteiger partial charge in [0.25, 0.3) is 0 Å². The van der Waals surface area contributed by atoms with Crippen LogP contribution in [-0.2, 0) is 16.0 Å². The van der Waals surface area contributed by atoms with Crippen LogP contribution in [0.15, 0.2) is 18.2 Å². The number of hydrogen-bond acceptors (Lipinski definition) is 2. The Labute approximate surface area is 122 Å². The zero-order valence-electron chi connectivity index (χ0n) is 11.9. The van der Waals surface area contributed by atoms with Crippen molar-refractivity contribution in [3.63, 3.8) is 0 Å². The molecule has 1 aromatic rings. The molecule has 1 aromatic carbocycles. The van der Waals surface area contributed by atoms with Gasteiger partial charge in [0, 0.05) is 32.1 Å². The molecular formula is C15H18F2N2O2. The van der Waals surface area contributed by atoms with Crippen molar-refractivity contribution in [3.05, 3.63) is 35.4 Å². The van der Waals surface area contributed by atoms with E-state index >= 15 is 0 Å². The van der Waals surface area contributed by atoms with Gasteiger partial charge in [-0.15, -0.1) is 0 Å². The summed E-state index contributed by atoms with van der Waals surface area (Å²) in [6.45, 7) is 3.20. The van der Waals surface area contributed by atoms with Crippen molar-refractivity contribution in [1.82, 2.24) is 10.2 Å². The highest BCUT2D eigenvalue weighted by molar-refractivity contribution is 5.89. The molecule has 1 aliphatic heterocycles. The SMILES string of the molecule is CCN1CC(C(=O)NCCc2cc(F)cc(F)c2)CC1=O. The van der Waals surface area contributed by atoms with Gasteiger partial charge in [-0.3, -0.25) is 9.59 Å². The van der Waals surface area contributed by atoms with Crippen molar-refractivity contribution in [2.24, 2.45) is 5.92 Å². The molecule has 0 aliphatic carbocycles. The molecule has 1 saturated heterocycles. The smallest absolute Gasteiger partial charge is 0.225 e. The Balaban J connectivity index is 1.81. The van der Waals surface area contributed by atoms with Crippen molar-refractivity contribution in [2.45, 2.75) is 19.8 Å². The van der Waals surface area contributed by atoms with E-state index in [2.05, 4.69) is 5.32 Å². The Bertz CT molecular complexity index is 528. The summed E-state index contributed by atoms with van der Waals surface area (Å²) >= 11 is 0. The van der Waals surface area contributed by atoms with Crippen LogP contribution >= 0.6 is 0 Å². The average Bonchev–Trinajstić information content (AvgIpc) is 2.79. The Hall–Kier alpha value is -1.98. The van der Waals surface area contributed by atoms with Gasteiger partial charge in [-0.2, -0.15) is 0 Å². The van der Waals surface area contributed by atoms with Crippen molar-refractivity contribution in [3.8, 4) is 0 Å². The molecule has 6 heteroatoms. The van der Waals surface area contributed by atoms with E-state index in [1.165, 1.54) is 12.1 Å². The summed E-state index contributed by atoms with van der Waals surface area (Å²) < 4.78 is 26.0. The fourth-order valence-electron chi connectivity index (χ4n) is 2.48. The van der Waals surface area contributed by atoms with Crippen molar-refractivity contribution < 1.29 is 18.4 Å². The van der Waals surface area contributed by atoms with Crippen LogP contribution in [0, 0.1) is 17.6 Å². The Morgan fingerprint density at radius 1 is 1.33 bits per heavy atom. The largest absolute Gasteiger partial charge is 0.355 e. The van der Waals surface area contributed by atoms with Crippen LogP contribution in [0.2, 0.25) is 0 Å². The second-order valence-electron chi connectivity index (χ2n) is 5.15. The molecule has 114 valence electrons. The monoisotopic (exact) mass is 296 g/mol. The summed E-state index contributed by atoms with van der Waals surface area (Å²) in [6, 6.07) is 3.30. The lowest BCUT2D eigenvalue weighted by molar-refractivity contribution is -0.128. The minimum atomic E-state index is -0.628. The summed E-state index contributed by atoms with van der Waals surface area (Å²) in [6.07, 6.45) is 0.576. The summed E-state index contributed by atoms with van der Waals surface area (Å²) in [4.78, 5) is 25.1. The summed E-state index contributed by atoms with van der Waals surface area (Å²) in [5, 5.41) is 2.71. The topological polar surface area (TPSA) is 49.4 Å². The number of rotatable bonds is 5. The van der Waals surface area contributed by atoms with Crippen LogP contribution in [-0.4, -0.2) is 36.3 Å². The lowest BCUT2D eigenvalue weighted by Gasteiger charge is -2.13. The van der Waals surface area contributed by atoms with E-state index in [1.807, 2.05) is 6.92 Å². The second-order valence-corrected chi connectivity index (χ2v) is 5.15. The van der Waals surface area contributed by atoms with Crippen molar-refractivity contribution >= 4 is 11.8 Å². The van der Waals surface area contributed by atoms with E-state index in [-0.39, 0.29) is 24.2 Å². The molecule has 1 unspecified atom stereocenters. The first-order valence-corrected chi connectivity index (χ1v) is 7.00. The number of nitrogens with one attached hydrogen (secondary N) is 1. The molecule has 1 N–H and O–H groups in total. The number of benzene rings is 1. The van der Waals surface area contributed by atoms with Crippen molar-refractivity contribution in [2.75, 3.05) is 19.6 Å². The van der Waals surface area contributed by atoms with Gasteiger partial charge in [0.05, 0.1) is 5.92 Å². The minimum absolute atomic E-state index is 0.00940. The van der Waals surface area contributed by atoms with Gasteiger partial charge in [-0.1, -0.05) is 0 Å². The van der Waals surface area contributed by atoms with E-state index in [0.29, 0.717) is 31.6 Å². The molecule has 1 fully saturated rings. The van der Waals surface area contributed by atoms with Gasteiger partial charge in [-0.25, -0.2) is 8.78 Å². The van der Waals surface area contributed by atoms with Gasteiger partial charge in [0.2, 0.25) is 11.8 Å². The first-order chi connectivity index (χ1) is 9.99. The number of likely N-dealkylation sites (tertiary alicyclic amines) is 1. The molecule has 2 amide bonds. The van der Waals surface area contributed by atoms with E-state index in [1.54, 1.807) is 4.90 Å². The molecule has 1 aliphatic rings. The maximum Gasteiger partial charge on any atom is 0.225 e. The van der Waals surface area contributed by atoms with Gasteiger partial charge >= 0.3 is 0 Å². The lowest BCUT2D eigenvalue weighted by atomic mass is 10.1. The number of nitrogens with zero attached hydrogens (tertiary/aromatic N) is 1. The average molecular weight is 296 g/mol. The molecule has 0 spiro atoms. The van der Waals surface area contributed by atoms with Crippen LogP contribution in [0.5, 0.6) is 0 Å². The molecule has 0 aromatic heterocycles. The summed E-state index contributed by atoms with van der Waals surface area (Å²) in [5.74, 6) is -1.78. The fourth-order valence-corrected chi connectivity index (χ4v) is 2.48. The zero-order valence-corrected chi connectivity index (χ0v) is 11.9. The van der Waals surface area contributed by atoms with E-state index < -0.39 is 11.6 Å². The van der Waals surface area contributed by atoms with Crippen LogP contribution in [0.1, 0.15) is 18.9 Å². The fraction of sp³-hybridized carbons (Fsp3) is 0.467. The maximum atomic E-state index is 13.0. The number of halogens is 2. The van der Waals surface area contributed by atoms with Gasteiger partial charge < -0.3 is 10.2 Å². The Morgan fingerprint density at radius 3 is 2.57 bits per heavy atom. The number of carbonyl (C=O) groups excluding carboxylic acids is 2. The molecule has 21 heavy (non-hydrogen) atoms. The van der Waals surface area contributed by atoms with Gasteiger partial charge in [0.1, 0.15) is 11.6 Å². The van der Waals surface area contributed by atoms with Gasteiger partial charge in [0.15, 0.2) is 0 Å². The summed E-state index contributed by atoms with van der Waals surface area (Å²) in [7, 11) is 0. The Morgan fingerprint density at radius 2 is 2.00 bits per heavy atom. The van der Waals surface area contributed by atoms with E-state index in [9.17, 15) is 18.4 Å². The van der Waals surface area contributed by atoms with Crippen molar-refractivity contribution in [1.29, 1.82) is 0 Å². The van der Waals surface area contributed by atoms with Crippen LogP contribution in [0.3, 0.4) is 0 Å². The number of hydrogen-bond donors (Lipinski definition) is 1. The van der Waals surface area contributed by atoms with Crippen LogP contribution < -0.4 is 5.32 Å². The molecule has 0 radical (unpaired) electrons. The highest BCUT2D eigenvalue weighted by atomic mass is 19.1. The Kier molecular flexibility index (Phi) is 4.88. The third kappa shape index (κ3) is 4.00. The van der Waals surface area contributed by atoms with E-state index in [0.717, 1.165) is 6.07 Å². The first kappa shape index (κ1) is 15.4. The highest BCUT2D eigenvalue weighted by Gasteiger charge is 2.32. The zero-order chi connectivity index (χ0) is 15.4. The number of carbonyl (C=O) groups is 2. The molecule has 2 rings (SSSR count). The first-order valence-electron chi connectivity index (χ1n) is 7.00. The molecular weight excluding hydrogens is 278 g/mol. The van der Waals surface area contributed by atoms with E-state index in [4.69, 9.17) is 0 Å². The molecule has 1 heterocycles. The molecule has 0 saturated carbocycles. The predicted octanol–water partition coefficient (Wildman–Crippen LogP) is 1.49. The second kappa shape index (κ2) is 6.65. The van der Waals surface area contributed by atoms with Gasteiger partial charge in [-0.05, 0) is 31.0 Å². The molecule has 0 bridgehead atoms. The third-order valence-corrected chi connectivity index (χ3v) is 3.60. The quantitative estimate of drug-likeness (QED) is 0.895. The van der Waals surface area contributed by atoms with Crippen LogP contribution in [0.4, 0.5) is 8.78 Å². The highest BCUT2D eigenvalue weighted by Crippen LogP contribution is 2.17. The molecule has 1 atom stereocenters. The number of amides is 2. The summed E-state index contributed by atoms with van der Waals surface area (Å²) in [5.41, 5.74) is 0.491. The minimum Gasteiger partial charge on any atom is -0.355 e. The normalized spacial score (nSPS) is 18.1. The lowest BCUT2D eigenvalue weighted by Crippen LogP contribution is -2.34. The molecule has 4 nitrogen and oxygen atoms in total. The standard InChI is InChI=1S/C15H18F2N2O2/c1-2-19-9-11(7-14(19)20)15(21)18-4-3-10-5-12(16)8-13(17)6-10/h5-6,8,11H,2-4,7,9H2,1H3,(H,18,21). The van der Waals surface area contributed by atoms with Crippen LogP contribution in [0.25, 0.3) is 0 Å². The predicted molar refractivity (Wildman–Crippen MR) is 73.4 cm³/mol. The third-order valence-electron chi connectivity index (χ3n) is 3.60.